The Morgan fingerprint density at radius 2 is 1.00 bits per heavy atom. The highest BCUT2D eigenvalue weighted by atomic mass is 15.0. The Morgan fingerprint density at radius 3 is 1.74 bits per heavy atom. The fourth-order valence-corrected chi connectivity index (χ4v) is 7.11. The molecule has 0 unspecified atom stereocenters. The number of rotatable bonds is 1. The molecule has 0 atom stereocenters. The van der Waals surface area contributed by atoms with Gasteiger partial charge in [-0.15, -0.1) is 0 Å². The van der Waals surface area contributed by atoms with Crippen molar-refractivity contribution >= 4 is 43.4 Å². The van der Waals surface area contributed by atoms with Gasteiger partial charge in [-0.2, -0.15) is 0 Å². The van der Waals surface area contributed by atoms with Gasteiger partial charge in [0, 0.05) is 16.5 Å². The highest BCUT2D eigenvalue weighted by Crippen LogP contribution is 2.54. The summed E-state index contributed by atoms with van der Waals surface area (Å²) in [5, 5.41) is 7.80. The summed E-state index contributed by atoms with van der Waals surface area (Å²) in [7, 11) is 0. The summed E-state index contributed by atoms with van der Waals surface area (Å²) in [5.41, 5.74) is 9.32. The Bertz CT molecular complexity index is 2070. The van der Waals surface area contributed by atoms with Gasteiger partial charge in [-0.3, -0.25) is 0 Å². The minimum atomic E-state index is -0.0164. The van der Waals surface area contributed by atoms with Gasteiger partial charge in [-0.25, -0.2) is 0 Å². The van der Waals surface area contributed by atoms with E-state index in [4.69, 9.17) is 0 Å². The van der Waals surface area contributed by atoms with E-state index in [0.29, 0.717) is 0 Å². The van der Waals surface area contributed by atoms with E-state index >= 15 is 0 Å². The fourth-order valence-electron chi connectivity index (χ4n) is 7.11. The molecule has 188 valence electrons. The van der Waals surface area contributed by atoms with E-state index in [2.05, 4.69) is 148 Å². The van der Waals surface area contributed by atoms with Crippen LogP contribution in [0.1, 0.15) is 38.8 Å². The molecule has 0 radical (unpaired) electrons. The van der Waals surface area contributed by atoms with Crippen molar-refractivity contribution in [3.05, 3.63) is 126 Å². The second-order valence-electron chi connectivity index (χ2n) is 12.3. The van der Waals surface area contributed by atoms with Crippen molar-refractivity contribution < 1.29 is 0 Å². The molecule has 0 fully saturated rings. The summed E-state index contributed by atoms with van der Waals surface area (Å²) >= 11 is 0. The lowest BCUT2D eigenvalue weighted by molar-refractivity contribution is 0.299. The maximum Gasteiger partial charge on any atom is 0.0541 e. The third-order valence-electron chi connectivity index (χ3n) is 9.92. The van der Waals surface area contributed by atoms with E-state index in [1.165, 1.54) is 71.3 Å². The largest absolute Gasteiger partial charge is 0.309 e. The van der Waals surface area contributed by atoms with Crippen molar-refractivity contribution in [1.29, 1.82) is 0 Å². The molecule has 1 heterocycles. The molecule has 0 aliphatic heterocycles. The molecule has 39 heavy (non-hydrogen) atoms. The van der Waals surface area contributed by atoms with Crippen LogP contribution in [0.5, 0.6) is 0 Å². The predicted octanol–water partition coefficient (Wildman–Crippen LogP) is 10.3. The molecule has 0 bridgehead atoms. The second-order valence-corrected chi connectivity index (χ2v) is 12.3. The predicted molar refractivity (Wildman–Crippen MR) is 167 cm³/mol. The first-order valence-corrected chi connectivity index (χ1v) is 14.0. The number of hydrogen-bond acceptors (Lipinski definition) is 0. The van der Waals surface area contributed by atoms with Crippen LogP contribution in [-0.2, 0) is 10.8 Å². The molecule has 0 saturated carbocycles. The van der Waals surface area contributed by atoms with Crippen molar-refractivity contribution in [1.82, 2.24) is 4.57 Å². The normalized spacial score (nSPS) is 15.6. The zero-order valence-corrected chi connectivity index (χ0v) is 22.9. The average molecular weight is 502 g/mol. The lowest BCUT2D eigenvalue weighted by Gasteiger charge is -2.48. The first-order valence-electron chi connectivity index (χ1n) is 14.0. The molecular weight excluding hydrogens is 470 g/mol. The second kappa shape index (κ2) is 7.61. The van der Waals surface area contributed by atoms with Crippen LogP contribution in [0.2, 0.25) is 0 Å². The minimum absolute atomic E-state index is 0.0164. The van der Waals surface area contributed by atoms with Crippen molar-refractivity contribution in [2.45, 2.75) is 38.5 Å². The SMILES string of the molecule is CC1(C)c2ccccc2-c2cc3ccc4ccc(-n5c6ccccc6c6ccccc65)cc4c3cc2C1(C)C. The van der Waals surface area contributed by atoms with Crippen molar-refractivity contribution in [3.8, 4) is 16.8 Å². The quantitative estimate of drug-likeness (QED) is 0.197. The van der Waals surface area contributed by atoms with E-state index in [-0.39, 0.29) is 10.8 Å². The van der Waals surface area contributed by atoms with Crippen molar-refractivity contribution in [3.63, 3.8) is 0 Å². The van der Waals surface area contributed by atoms with Crippen LogP contribution in [-0.4, -0.2) is 4.57 Å². The highest BCUT2D eigenvalue weighted by molar-refractivity contribution is 6.12. The standard InChI is InChI=1S/C38H31N/c1-37(2)33-14-8-5-11-27(33)32-21-25-18-17-24-19-20-26(22-30(24)31(25)23-34(32)38(37,3)4)39-35-15-9-6-12-28(35)29-13-7-10-16-36(29)39/h5-23H,1-4H3. The highest BCUT2D eigenvalue weighted by Gasteiger charge is 2.45. The van der Waals surface area contributed by atoms with Crippen molar-refractivity contribution in [2.24, 2.45) is 0 Å². The van der Waals surface area contributed by atoms with Crippen LogP contribution in [0.25, 0.3) is 60.2 Å². The monoisotopic (exact) mass is 501 g/mol. The minimum Gasteiger partial charge on any atom is -0.309 e. The lowest BCUT2D eigenvalue weighted by atomic mass is 9.55. The first-order chi connectivity index (χ1) is 18.9. The summed E-state index contributed by atoms with van der Waals surface area (Å²) in [5.74, 6) is 0. The molecule has 0 spiro atoms. The third kappa shape index (κ3) is 2.91. The maximum absolute atomic E-state index is 2.50. The average Bonchev–Trinajstić information content (AvgIpc) is 3.30. The number of aromatic nitrogens is 1. The summed E-state index contributed by atoms with van der Waals surface area (Å²) in [6.07, 6.45) is 0. The smallest absolute Gasteiger partial charge is 0.0541 e. The lowest BCUT2D eigenvalue weighted by Crippen LogP contribution is -2.43. The topological polar surface area (TPSA) is 4.93 Å². The first kappa shape index (κ1) is 22.6. The van der Waals surface area contributed by atoms with E-state index in [1.807, 2.05) is 0 Å². The van der Waals surface area contributed by atoms with E-state index in [9.17, 15) is 0 Å². The molecule has 7 aromatic rings. The molecule has 0 N–H and O–H groups in total. The van der Waals surface area contributed by atoms with Crippen LogP contribution < -0.4 is 0 Å². The molecule has 0 amide bonds. The number of hydrogen-bond donors (Lipinski definition) is 0. The number of fused-ring (bicyclic) bond motifs is 9. The zero-order valence-electron chi connectivity index (χ0n) is 22.9. The Morgan fingerprint density at radius 1 is 0.436 bits per heavy atom. The molecule has 1 aliphatic rings. The molecule has 0 saturated heterocycles. The van der Waals surface area contributed by atoms with Gasteiger partial charge in [0.1, 0.15) is 0 Å². The molecule has 8 rings (SSSR count). The Labute approximate surface area is 229 Å². The fraction of sp³-hybridized carbons (Fsp3) is 0.158. The van der Waals surface area contributed by atoms with Crippen LogP contribution in [0.4, 0.5) is 0 Å². The third-order valence-corrected chi connectivity index (χ3v) is 9.92. The summed E-state index contributed by atoms with van der Waals surface area (Å²) in [6.45, 7) is 9.65. The molecule has 1 aromatic heterocycles. The summed E-state index contributed by atoms with van der Waals surface area (Å²) in [6, 6.07) is 43.0. The maximum atomic E-state index is 2.50. The molecule has 1 aliphatic carbocycles. The number of nitrogens with zero attached hydrogens (tertiary/aromatic N) is 1. The van der Waals surface area contributed by atoms with Crippen LogP contribution in [0.15, 0.2) is 115 Å². The van der Waals surface area contributed by atoms with Gasteiger partial charge in [0.25, 0.3) is 0 Å². The Balaban J connectivity index is 1.45. The van der Waals surface area contributed by atoms with Crippen LogP contribution in [0.3, 0.4) is 0 Å². The summed E-state index contributed by atoms with van der Waals surface area (Å²) in [4.78, 5) is 0. The molecular formula is C38H31N. The van der Waals surface area contributed by atoms with Gasteiger partial charge in [0.2, 0.25) is 0 Å². The molecule has 6 aromatic carbocycles. The van der Waals surface area contributed by atoms with Gasteiger partial charge < -0.3 is 4.57 Å². The zero-order chi connectivity index (χ0) is 26.5. The van der Waals surface area contributed by atoms with Gasteiger partial charge in [0.05, 0.1) is 11.0 Å². The van der Waals surface area contributed by atoms with Crippen LogP contribution in [0, 0.1) is 0 Å². The van der Waals surface area contributed by atoms with Gasteiger partial charge >= 0.3 is 0 Å². The van der Waals surface area contributed by atoms with Crippen molar-refractivity contribution in [2.75, 3.05) is 0 Å². The van der Waals surface area contributed by atoms with Gasteiger partial charge in [0.15, 0.2) is 0 Å². The van der Waals surface area contributed by atoms with Gasteiger partial charge in [-0.05, 0) is 91.0 Å². The number of benzene rings is 6. The van der Waals surface area contributed by atoms with Crippen LogP contribution >= 0.6 is 0 Å². The summed E-state index contributed by atoms with van der Waals surface area (Å²) < 4.78 is 2.42. The van der Waals surface area contributed by atoms with E-state index < -0.39 is 0 Å². The van der Waals surface area contributed by atoms with Gasteiger partial charge in [-0.1, -0.05) is 107 Å². The Hall–Kier alpha value is -4.36. The number of para-hydroxylation sites is 2. The van der Waals surface area contributed by atoms with E-state index in [0.717, 1.165) is 0 Å². The molecule has 1 nitrogen and oxygen atoms in total. The Kier molecular flexibility index (Phi) is 4.41. The van der Waals surface area contributed by atoms with E-state index in [1.54, 1.807) is 0 Å². The molecule has 1 heteroatoms.